The van der Waals surface area contributed by atoms with Gasteiger partial charge in [-0.05, 0) is 41.1 Å². The first kappa shape index (κ1) is 13.0. The van der Waals surface area contributed by atoms with Gasteiger partial charge in [0.2, 0.25) is 0 Å². The van der Waals surface area contributed by atoms with Crippen molar-refractivity contribution in [3.05, 3.63) is 28.2 Å². The molecule has 0 saturated carbocycles. The molecule has 1 rings (SSSR count). The minimum Gasteiger partial charge on any atom is -0.440 e. The number of nitrogens with zero attached hydrogens (tertiary/aromatic N) is 1. The zero-order valence-corrected chi connectivity index (χ0v) is 10.7. The quantitative estimate of drug-likeness (QED) is 0.781. The summed E-state index contributed by atoms with van der Waals surface area (Å²) in [5, 5.41) is 8.70. The number of ether oxygens (including phenoxy) is 3. The van der Waals surface area contributed by atoms with Gasteiger partial charge in [-0.1, -0.05) is 0 Å². The maximum atomic E-state index is 8.70. The summed E-state index contributed by atoms with van der Waals surface area (Å²) in [5.41, 5.74) is 0.560. The average molecular weight is 286 g/mol. The lowest BCUT2D eigenvalue weighted by molar-refractivity contribution is -0.231. The van der Waals surface area contributed by atoms with Crippen molar-refractivity contribution in [3.8, 4) is 11.8 Å². The van der Waals surface area contributed by atoms with Crippen LogP contribution >= 0.6 is 15.9 Å². The Morgan fingerprint density at radius 1 is 1.50 bits per heavy atom. The lowest BCUT2D eigenvalue weighted by atomic mass is 10.2. The van der Waals surface area contributed by atoms with Crippen LogP contribution in [-0.4, -0.2) is 20.2 Å². The standard InChI is InChI=1S/C11H12BrNO3/c1-3-15-11(14-2)16-10-5-4-8(7-13)6-9(10)12/h4-6,11H,3H2,1-2H3. The molecule has 5 heteroatoms. The Kier molecular flexibility index (Phi) is 5.26. The predicted octanol–water partition coefficient (Wildman–Crippen LogP) is 2.67. The molecular formula is C11H12BrNO3. The fraction of sp³-hybridized carbons (Fsp3) is 0.364. The third-order valence-electron chi connectivity index (χ3n) is 1.78. The highest BCUT2D eigenvalue weighted by Crippen LogP contribution is 2.26. The summed E-state index contributed by atoms with van der Waals surface area (Å²) in [5.74, 6) is 0.569. The fourth-order valence-electron chi connectivity index (χ4n) is 1.06. The molecule has 0 saturated heterocycles. The number of nitriles is 1. The van der Waals surface area contributed by atoms with Gasteiger partial charge < -0.3 is 14.2 Å². The molecular weight excluding hydrogens is 274 g/mol. The van der Waals surface area contributed by atoms with Crippen LogP contribution in [-0.2, 0) is 9.47 Å². The van der Waals surface area contributed by atoms with Crippen LogP contribution in [0.25, 0.3) is 0 Å². The van der Waals surface area contributed by atoms with Crippen molar-refractivity contribution < 1.29 is 14.2 Å². The van der Waals surface area contributed by atoms with Gasteiger partial charge in [0.05, 0.1) is 22.7 Å². The van der Waals surface area contributed by atoms with E-state index in [2.05, 4.69) is 15.9 Å². The van der Waals surface area contributed by atoms with Crippen LogP contribution in [0, 0.1) is 11.3 Å². The Morgan fingerprint density at radius 2 is 2.25 bits per heavy atom. The molecule has 0 fully saturated rings. The van der Waals surface area contributed by atoms with Crippen molar-refractivity contribution >= 4 is 15.9 Å². The smallest absolute Gasteiger partial charge is 0.315 e. The number of halogens is 1. The number of hydrogen-bond donors (Lipinski definition) is 0. The molecule has 86 valence electrons. The average Bonchev–Trinajstić information content (AvgIpc) is 2.30. The van der Waals surface area contributed by atoms with Gasteiger partial charge in [-0.3, -0.25) is 0 Å². The molecule has 0 bridgehead atoms. The zero-order chi connectivity index (χ0) is 12.0. The number of rotatable bonds is 5. The van der Waals surface area contributed by atoms with Crippen molar-refractivity contribution in [1.82, 2.24) is 0 Å². The lowest BCUT2D eigenvalue weighted by Crippen LogP contribution is -2.22. The highest BCUT2D eigenvalue weighted by molar-refractivity contribution is 9.10. The largest absolute Gasteiger partial charge is 0.440 e. The van der Waals surface area contributed by atoms with E-state index in [1.54, 1.807) is 18.2 Å². The second kappa shape index (κ2) is 6.48. The summed E-state index contributed by atoms with van der Waals surface area (Å²) >= 11 is 3.31. The Labute approximate surface area is 103 Å². The van der Waals surface area contributed by atoms with Crippen LogP contribution in [0.5, 0.6) is 5.75 Å². The van der Waals surface area contributed by atoms with E-state index in [-0.39, 0.29) is 0 Å². The molecule has 0 aliphatic carbocycles. The number of methoxy groups -OCH3 is 1. The summed E-state index contributed by atoms with van der Waals surface area (Å²) in [4.78, 5) is 0. The molecule has 0 heterocycles. The van der Waals surface area contributed by atoms with E-state index in [1.165, 1.54) is 7.11 Å². The van der Waals surface area contributed by atoms with Gasteiger partial charge in [0, 0.05) is 7.11 Å². The van der Waals surface area contributed by atoms with E-state index in [0.29, 0.717) is 22.4 Å². The van der Waals surface area contributed by atoms with Crippen LogP contribution < -0.4 is 4.74 Å². The van der Waals surface area contributed by atoms with Crippen LogP contribution in [0.2, 0.25) is 0 Å². The van der Waals surface area contributed by atoms with E-state index in [9.17, 15) is 0 Å². The van der Waals surface area contributed by atoms with Crippen molar-refractivity contribution in [1.29, 1.82) is 5.26 Å². The highest BCUT2D eigenvalue weighted by Gasteiger charge is 2.11. The Bertz CT molecular complexity index is 389. The Balaban J connectivity index is 2.77. The van der Waals surface area contributed by atoms with Crippen molar-refractivity contribution in [2.75, 3.05) is 13.7 Å². The van der Waals surface area contributed by atoms with Gasteiger partial charge in [-0.15, -0.1) is 0 Å². The molecule has 1 aromatic rings. The molecule has 1 unspecified atom stereocenters. The summed E-state index contributed by atoms with van der Waals surface area (Å²) < 4.78 is 16.3. The molecule has 0 N–H and O–H groups in total. The van der Waals surface area contributed by atoms with Gasteiger partial charge >= 0.3 is 6.48 Å². The highest BCUT2D eigenvalue weighted by atomic mass is 79.9. The normalized spacial score (nSPS) is 11.9. The molecule has 0 aliphatic rings. The molecule has 4 nitrogen and oxygen atoms in total. The Hall–Kier alpha value is -1.09. The lowest BCUT2D eigenvalue weighted by Gasteiger charge is -2.17. The molecule has 16 heavy (non-hydrogen) atoms. The van der Waals surface area contributed by atoms with Gasteiger partial charge in [0.1, 0.15) is 5.75 Å². The molecule has 1 aromatic carbocycles. The second-order valence-electron chi connectivity index (χ2n) is 2.85. The molecule has 0 aromatic heterocycles. The first-order chi connectivity index (χ1) is 7.71. The first-order valence-corrected chi connectivity index (χ1v) is 5.51. The van der Waals surface area contributed by atoms with E-state index in [0.717, 1.165) is 0 Å². The minimum atomic E-state index is -0.741. The monoisotopic (exact) mass is 285 g/mol. The second-order valence-corrected chi connectivity index (χ2v) is 3.71. The van der Waals surface area contributed by atoms with E-state index >= 15 is 0 Å². The van der Waals surface area contributed by atoms with Crippen LogP contribution in [0.4, 0.5) is 0 Å². The van der Waals surface area contributed by atoms with E-state index < -0.39 is 6.48 Å². The third kappa shape index (κ3) is 3.49. The summed E-state index contributed by atoms with van der Waals surface area (Å²) in [6.45, 7) is 1.60. The van der Waals surface area contributed by atoms with Gasteiger partial charge in [0.15, 0.2) is 0 Å². The summed E-state index contributed by atoms with van der Waals surface area (Å²) in [6, 6.07) is 7.07. The SMILES string of the molecule is CCOC(OC)Oc1ccc(C#N)cc1Br. The third-order valence-corrected chi connectivity index (χ3v) is 2.40. The van der Waals surface area contributed by atoms with Gasteiger partial charge in [0.25, 0.3) is 0 Å². The Morgan fingerprint density at radius 3 is 2.75 bits per heavy atom. The predicted molar refractivity (Wildman–Crippen MR) is 61.9 cm³/mol. The van der Waals surface area contributed by atoms with E-state index in [4.69, 9.17) is 19.5 Å². The van der Waals surface area contributed by atoms with Crippen molar-refractivity contribution in [2.45, 2.75) is 13.4 Å². The minimum absolute atomic E-state index is 0.492. The maximum absolute atomic E-state index is 8.70. The van der Waals surface area contributed by atoms with Crippen LogP contribution in [0.3, 0.4) is 0 Å². The van der Waals surface area contributed by atoms with Crippen molar-refractivity contribution in [2.24, 2.45) is 0 Å². The van der Waals surface area contributed by atoms with Gasteiger partial charge in [-0.25, -0.2) is 0 Å². The van der Waals surface area contributed by atoms with E-state index in [1.807, 2.05) is 13.0 Å². The van der Waals surface area contributed by atoms with Gasteiger partial charge in [-0.2, -0.15) is 5.26 Å². The molecule has 0 radical (unpaired) electrons. The number of benzene rings is 1. The molecule has 0 aliphatic heterocycles. The fourth-order valence-corrected chi connectivity index (χ4v) is 1.53. The topological polar surface area (TPSA) is 51.5 Å². The maximum Gasteiger partial charge on any atom is 0.315 e. The van der Waals surface area contributed by atoms with Crippen LogP contribution in [0.15, 0.2) is 22.7 Å². The molecule has 0 spiro atoms. The number of hydrogen-bond acceptors (Lipinski definition) is 4. The van der Waals surface area contributed by atoms with Crippen LogP contribution in [0.1, 0.15) is 12.5 Å². The molecule has 0 amide bonds. The summed E-state index contributed by atoms with van der Waals surface area (Å²) in [7, 11) is 1.50. The molecule has 1 atom stereocenters. The first-order valence-electron chi connectivity index (χ1n) is 4.72. The zero-order valence-electron chi connectivity index (χ0n) is 9.07. The summed E-state index contributed by atoms with van der Waals surface area (Å²) in [6.07, 6.45) is 0. The van der Waals surface area contributed by atoms with Crippen molar-refractivity contribution in [3.63, 3.8) is 0 Å².